The number of Topliss-reactive ketones (excluding diaryl/α,β-unsaturated/α-hetero) is 1. The Hall–Kier alpha value is -0.930. The fraction of sp³-hybridized carbons (Fsp3) is 0.500. The Labute approximate surface area is 112 Å². The van der Waals surface area contributed by atoms with Crippen LogP contribution >= 0.6 is 11.6 Å². The van der Waals surface area contributed by atoms with Gasteiger partial charge in [0, 0.05) is 17.5 Å². The van der Waals surface area contributed by atoms with E-state index < -0.39 is 5.82 Å². The summed E-state index contributed by atoms with van der Waals surface area (Å²) < 4.78 is 13.1. The molecule has 0 fully saturated rings. The maximum atomic E-state index is 13.1. The van der Waals surface area contributed by atoms with Crippen molar-refractivity contribution in [2.75, 3.05) is 0 Å². The number of rotatable bonds is 6. The van der Waals surface area contributed by atoms with Crippen LogP contribution < -0.4 is 5.73 Å². The molecular formula is C14H19ClFNO. The molecule has 0 aromatic heterocycles. The molecule has 0 aliphatic carbocycles. The van der Waals surface area contributed by atoms with E-state index in [2.05, 4.69) is 0 Å². The largest absolute Gasteiger partial charge is 0.328 e. The third-order valence-corrected chi connectivity index (χ3v) is 3.27. The summed E-state index contributed by atoms with van der Waals surface area (Å²) in [6.45, 7) is 3.78. The molecule has 1 aromatic rings. The lowest BCUT2D eigenvalue weighted by Crippen LogP contribution is -2.16. The van der Waals surface area contributed by atoms with Crippen LogP contribution in [-0.2, 0) is 0 Å². The van der Waals surface area contributed by atoms with Crippen LogP contribution in [0, 0.1) is 11.7 Å². The van der Waals surface area contributed by atoms with E-state index in [1.54, 1.807) is 0 Å². The average Bonchev–Trinajstić information content (AvgIpc) is 2.30. The first-order valence-corrected chi connectivity index (χ1v) is 6.54. The Bertz CT molecular complexity index is 420. The van der Waals surface area contributed by atoms with E-state index in [0.717, 1.165) is 19.3 Å². The summed E-state index contributed by atoms with van der Waals surface area (Å²) in [5, 5.41) is 0.306. The zero-order valence-corrected chi connectivity index (χ0v) is 11.5. The molecule has 2 N–H and O–H groups in total. The van der Waals surface area contributed by atoms with Crippen LogP contribution in [0.25, 0.3) is 0 Å². The molecule has 0 heterocycles. The summed E-state index contributed by atoms with van der Waals surface area (Å²) in [6.07, 6.45) is 2.51. The number of carbonyl (C=O) groups excluding carboxylic acids is 1. The molecule has 1 rings (SSSR count). The van der Waals surface area contributed by atoms with Gasteiger partial charge in [-0.3, -0.25) is 4.79 Å². The maximum Gasteiger partial charge on any atom is 0.167 e. The zero-order valence-electron chi connectivity index (χ0n) is 10.7. The fourth-order valence-electron chi connectivity index (χ4n) is 1.83. The molecule has 2 atom stereocenters. The third-order valence-electron chi connectivity index (χ3n) is 2.94. The number of benzene rings is 1. The smallest absolute Gasteiger partial charge is 0.167 e. The van der Waals surface area contributed by atoms with Gasteiger partial charge in [0.2, 0.25) is 0 Å². The summed E-state index contributed by atoms with van der Waals surface area (Å²) in [6, 6.07) is 4.01. The van der Waals surface area contributed by atoms with E-state index in [-0.39, 0.29) is 23.3 Å². The molecule has 18 heavy (non-hydrogen) atoms. The van der Waals surface area contributed by atoms with Crippen molar-refractivity contribution in [3.63, 3.8) is 0 Å². The zero-order chi connectivity index (χ0) is 13.7. The Morgan fingerprint density at radius 3 is 2.67 bits per heavy atom. The molecule has 0 saturated carbocycles. The normalized spacial score (nSPS) is 14.3. The minimum absolute atomic E-state index is 0.107. The van der Waals surface area contributed by atoms with Crippen LogP contribution in [0.5, 0.6) is 0 Å². The Morgan fingerprint density at radius 1 is 1.39 bits per heavy atom. The first kappa shape index (κ1) is 15.1. The minimum Gasteiger partial charge on any atom is -0.328 e. The van der Waals surface area contributed by atoms with Crippen molar-refractivity contribution in [2.24, 2.45) is 11.7 Å². The van der Waals surface area contributed by atoms with Crippen LogP contribution in [0.3, 0.4) is 0 Å². The molecule has 0 saturated heterocycles. The highest BCUT2D eigenvalue weighted by atomic mass is 35.5. The van der Waals surface area contributed by atoms with Gasteiger partial charge in [-0.2, -0.15) is 0 Å². The lowest BCUT2D eigenvalue weighted by Gasteiger charge is -2.12. The van der Waals surface area contributed by atoms with Crippen molar-refractivity contribution in [3.8, 4) is 0 Å². The lowest BCUT2D eigenvalue weighted by molar-refractivity contribution is 0.0921. The lowest BCUT2D eigenvalue weighted by atomic mass is 9.93. The summed E-state index contributed by atoms with van der Waals surface area (Å²) >= 11 is 5.91. The highest BCUT2D eigenvalue weighted by molar-refractivity contribution is 6.34. The number of ketones is 1. The number of hydrogen-bond acceptors (Lipinski definition) is 2. The van der Waals surface area contributed by atoms with Gasteiger partial charge in [0.1, 0.15) is 5.82 Å². The number of hydrogen-bond donors (Lipinski definition) is 1. The van der Waals surface area contributed by atoms with Gasteiger partial charge in [-0.15, -0.1) is 0 Å². The van der Waals surface area contributed by atoms with Gasteiger partial charge in [0.25, 0.3) is 0 Å². The molecule has 0 aliphatic rings. The van der Waals surface area contributed by atoms with E-state index in [1.807, 2.05) is 13.8 Å². The van der Waals surface area contributed by atoms with Crippen molar-refractivity contribution in [2.45, 2.75) is 39.2 Å². The van der Waals surface area contributed by atoms with Crippen LogP contribution in [0.1, 0.15) is 43.5 Å². The van der Waals surface area contributed by atoms with E-state index >= 15 is 0 Å². The molecule has 0 radical (unpaired) electrons. The second-order valence-corrected chi connectivity index (χ2v) is 5.20. The highest BCUT2D eigenvalue weighted by Gasteiger charge is 2.18. The number of carbonyl (C=O) groups is 1. The Morgan fingerprint density at radius 2 is 2.06 bits per heavy atom. The summed E-state index contributed by atoms with van der Waals surface area (Å²) in [7, 11) is 0. The van der Waals surface area contributed by atoms with Gasteiger partial charge < -0.3 is 5.73 Å². The van der Waals surface area contributed by atoms with Gasteiger partial charge in [-0.1, -0.05) is 24.9 Å². The summed E-state index contributed by atoms with van der Waals surface area (Å²) in [4.78, 5) is 12.1. The predicted molar refractivity (Wildman–Crippen MR) is 72.4 cm³/mol. The molecular weight excluding hydrogens is 253 g/mol. The van der Waals surface area contributed by atoms with E-state index in [4.69, 9.17) is 17.3 Å². The predicted octanol–water partition coefficient (Wildman–Crippen LogP) is 3.82. The van der Waals surface area contributed by atoms with Gasteiger partial charge >= 0.3 is 0 Å². The topological polar surface area (TPSA) is 43.1 Å². The maximum absolute atomic E-state index is 13.1. The monoisotopic (exact) mass is 271 g/mol. The SMILES string of the molecule is CC(N)CCCC(C)C(=O)c1cc(F)ccc1Cl. The number of halogens is 2. The molecule has 2 unspecified atom stereocenters. The molecule has 0 aliphatic heterocycles. The molecule has 0 bridgehead atoms. The van der Waals surface area contributed by atoms with Gasteiger partial charge in [0.05, 0.1) is 5.02 Å². The first-order chi connectivity index (χ1) is 8.41. The second kappa shape index (κ2) is 6.86. The highest BCUT2D eigenvalue weighted by Crippen LogP contribution is 2.22. The standard InChI is InChI=1S/C14H19ClFNO/c1-9(4-3-5-10(2)17)14(18)12-8-11(16)6-7-13(12)15/h6-10H,3-5,17H2,1-2H3. The average molecular weight is 272 g/mol. The van der Waals surface area contributed by atoms with E-state index in [1.165, 1.54) is 18.2 Å². The van der Waals surface area contributed by atoms with Crippen molar-refractivity contribution >= 4 is 17.4 Å². The molecule has 1 aromatic carbocycles. The van der Waals surface area contributed by atoms with Crippen LogP contribution in [-0.4, -0.2) is 11.8 Å². The molecule has 0 spiro atoms. The number of nitrogens with two attached hydrogens (primary N) is 1. The summed E-state index contributed by atoms with van der Waals surface area (Å²) in [5.41, 5.74) is 5.92. The van der Waals surface area contributed by atoms with Crippen molar-refractivity contribution < 1.29 is 9.18 Å². The van der Waals surface area contributed by atoms with Crippen LogP contribution in [0.4, 0.5) is 4.39 Å². The molecule has 0 amide bonds. The molecule has 4 heteroatoms. The van der Waals surface area contributed by atoms with E-state index in [0.29, 0.717) is 5.02 Å². The summed E-state index contributed by atoms with van der Waals surface area (Å²) in [5.74, 6) is -0.710. The minimum atomic E-state index is -0.439. The van der Waals surface area contributed by atoms with Crippen LogP contribution in [0.15, 0.2) is 18.2 Å². The third kappa shape index (κ3) is 4.39. The van der Waals surface area contributed by atoms with E-state index in [9.17, 15) is 9.18 Å². The van der Waals surface area contributed by atoms with Crippen molar-refractivity contribution in [1.82, 2.24) is 0 Å². The Kier molecular flexibility index (Phi) is 5.76. The first-order valence-electron chi connectivity index (χ1n) is 6.16. The van der Waals surface area contributed by atoms with Crippen molar-refractivity contribution in [3.05, 3.63) is 34.6 Å². The molecule has 100 valence electrons. The second-order valence-electron chi connectivity index (χ2n) is 4.80. The fourth-order valence-corrected chi connectivity index (χ4v) is 2.04. The van der Waals surface area contributed by atoms with Gasteiger partial charge in [-0.25, -0.2) is 4.39 Å². The van der Waals surface area contributed by atoms with Crippen LogP contribution in [0.2, 0.25) is 5.02 Å². The van der Waals surface area contributed by atoms with Crippen molar-refractivity contribution in [1.29, 1.82) is 0 Å². The van der Waals surface area contributed by atoms with Gasteiger partial charge in [0.15, 0.2) is 5.78 Å². The molecule has 2 nitrogen and oxygen atoms in total. The van der Waals surface area contributed by atoms with Gasteiger partial charge in [-0.05, 0) is 38.0 Å². The quantitative estimate of drug-likeness (QED) is 0.800. The Balaban J connectivity index is 2.65.